The van der Waals surface area contributed by atoms with Gasteiger partial charge in [0.2, 0.25) is 0 Å². The SMILES string of the molecule is CN(C)c1ccoc1C(C)(C)C. The van der Waals surface area contributed by atoms with Crippen LogP contribution in [0.25, 0.3) is 0 Å². The summed E-state index contributed by atoms with van der Waals surface area (Å²) in [5.74, 6) is 1.05. The molecular weight excluding hydrogens is 150 g/mol. The molecule has 0 aliphatic carbocycles. The van der Waals surface area contributed by atoms with E-state index in [1.807, 2.05) is 20.2 Å². The number of furan rings is 1. The van der Waals surface area contributed by atoms with Crippen LogP contribution in [0.3, 0.4) is 0 Å². The van der Waals surface area contributed by atoms with Gasteiger partial charge in [-0.3, -0.25) is 0 Å². The van der Waals surface area contributed by atoms with Crippen LogP contribution in [0.15, 0.2) is 16.7 Å². The Morgan fingerprint density at radius 3 is 2.17 bits per heavy atom. The summed E-state index contributed by atoms with van der Waals surface area (Å²) < 4.78 is 5.45. The molecule has 2 nitrogen and oxygen atoms in total. The highest BCUT2D eigenvalue weighted by molar-refractivity contribution is 5.50. The molecule has 1 heterocycles. The van der Waals surface area contributed by atoms with E-state index in [1.165, 1.54) is 5.69 Å². The molecule has 1 aromatic heterocycles. The van der Waals surface area contributed by atoms with Crippen LogP contribution in [0.1, 0.15) is 26.5 Å². The molecule has 0 fully saturated rings. The van der Waals surface area contributed by atoms with Crippen LogP contribution in [0.5, 0.6) is 0 Å². The Hall–Kier alpha value is -0.920. The van der Waals surface area contributed by atoms with E-state index in [4.69, 9.17) is 4.42 Å². The lowest BCUT2D eigenvalue weighted by Crippen LogP contribution is -2.17. The lowest BCUT2D eigenvalue weighted by Gasteiger charge is -2.20. The van der Waals surface area contributed by atoms with Crippen LogP contribution in [-0.2, 0) is 5.41 Å². The predicted molar refractivity (Wildman–Crippen MR) is 51.7 cm³/mol. The second-order valence-electron chi connectivity index (χ2n) is 4.28. The van der Waals surface area contributed by atoms with Gasteiger partial charge >= 0.3 is 0 Å². The smallest absolute Gasteiger partial charge is 0.132 e. The second kappa shape index (κ2) is 2.85. The third-order valence-electron chi connectivity index (χ3n) is 1.81. The molecule has 0 aliphatic rings. The number of nitrogens with zero attached hydrogens (tertiary/aromatic N) is 1. The van der Waals surface area contributed by atoms with Gasteiger partial charge in [-0.1, -0.05) is 20.8 Å². The lowest BCUT2D eigenvalue weighted by molar-refractivity contribution is 0.410. The van der Waals surface area contributed by atoms with Gasteiger partial charge < -0.3 is 9.32 Å². The third kappa shape index (κ3) is 1.63. The molecule has 68 valence electrons. The molecule has 0 atom stereocenters. The van der Waals surface area contributed by atoms with Crippen LogP contribution in [0.4, 0.5) is 5.69 Å². The summed E-state index contributed by atoms with van der Waals surface area (Å²) in [5.41, 5.74) is 1.26. The lowest BCUT2D eigenvalue weighted by atomic mass is 9.92. The topological polar surface area (TPSA) is 16.4 Å². The minimum Gasteiger partial charge on any atom is -0.467 e. The maximum absolute atomic E-state index is 5.45. The first kappa shape index (κ1) is 9.17. The van der Waals surface area contributed by atoms with E-state index in [2.05, 4.69) is 25.7 Å². The maximum atomic E-state index is 5.45. The molecule has 0 unspecified atom stereocenters. The van der Waals surface area contributed by atoms with E-state index in [0.717, 1.165) is 5.76 Å². The Labute approximate surface area is 74.2 Å². The molecule has 1 aromatic rings. The van der Waals surface area contributed by atoms with Crippen molar-refractivity contribution in [1.29, 1.82) is 0 Å². The molecule has 0 radical (unpaired) electrons. The van der Waals surface area contributed by atoms with E-state index >= 15 is 0 Å². The van der Waals surface area contributed by atoms with Crippen molar-refractivity contribution in [2.24, 2.45) is 0 Å². The fraction of sp³-hybridized carbons (Fsp3) is 0.600. The van der Waals surface area contributed by atoms with Crippen molar-refractivity contribution >= 4 is 5.69 Å². The highest BCUT2D eigenvalue weighted by Gasteiger charge is 2.22. The molecule has 0 bridgehead atoms. The standard InChI is InChI=1S/C10H17NO/c1-10(2,3)9-8(11(4)5)6-7-12-9/h6-7H,1-5H3. The number of anilines is 1. The average Bonchev–Trinajstić information content (AvgIpc) is 2.30. The minimum absolute atomic E-state index is 0.0864. The molecule has 2 heteroatoms. The number of hydrogen-bond donors (Lipinski definition) is 0. The van der Waals surface area contributed by atoms with Gasteiger partial charge in [0.25, 0.3) is 0 Å². The van der Waals surface area contributed by atoms with Crippen molar-refractivity contribution in [2.75, 3.05) is 19.0 Å². The Bertz CT molecular complexity index is 255. The van der Waals surface area contributed by atoms with E-state index in [0.29, 0.717) is 0 Å². The zero-order valence-corrected chi connectivity index (χ0v) is 8.51. The quantitative estimate of drug-likeness (QED) is 0.639. The summed E-state index contributed by atoms with van der Waals surface area (Å²) >= 11 is 0. The van der Waals surface area contributed by atoms with Gasteiger partial charge in [-0.2, -0.15) is 0 Å². The minimum atomic E-state index is 0.0864. The zero-order valence-electron chi connectivity index (χ0n) is 8.51. The van der Waals surface area contributed by atoms with Crippen molar-refractivity contribution in [3.63, 3.8) is 0 Å². The van der Waals surface area contributed by atoms with Crippen LogP contribution in [-0.4, -0.2) is 14.1 Å². The summed E-state index contributed by atoms with van der Waals surface area (Å²) in [7, 11) is 4.06. The first-order valence-electron chi connectivity index (χ1n) is 4.18. The summed E-state index contributed by atoms with van der Waals surface area (Å²) in [4.78, 5) is 2.07. The fourth-order valence-corrected chi connectivity index (χ4v) is 1.22. The molecule has 12 heavy (non-hydrogen) atoms. The summed E-state index contributed by atoms with van der Waals surface area (Å²) in [5, 5.41) is 0. The molecule has 0 aliphatic heterocycles. The van der Waals surface area contributed by atoms with Crippen LogP contribution >= 0.6 is 0 Å². The first-order valence-corrected chi connectivity index (χ1v) is 4.18. The molecule has 0 amide bonds. The molecule has 1 rings (SSSR count). The zero-order chi connectivity index (χ0) is 9.35. The van der Waals surface area contributed by atoms with Crippen molar-refractivity contribution in [3.8, 4) is 0 Å². The third-order valence-corrected chi connectivity index (χ3v) is 1.81. The van der Waals surface area contributed by atoms with E-state index in [9.17, 15) is 0 Å². The Balaban J connectivity index is 3.08. The highest BCUT2D eigenvalue weighted by Crippen LogP contribution is 2.31. The van der Waals surface area contributed by atoms with E-state index < -0.39 is 0 Å². The van der Waals surface area contributed by atoms with Crippen molar-refractivity contribution in [3.05, 3.63) is 18.1 Å². The maximum Gasteiger partial charge on any atom is 0.132 e. The van der Waals surface area contributed by atoms with Gasteiger partial charge in [-0.15, -0.1) is 0 Å². The van der Waals surface area contributed by atoms with Crippen molar-refractivity contribution < 1.29 is 4.42 Å². The Morgan fingerprint density at radius 2 is 1.83 bits per heavy atom. The summed E-state index contributed by atoms with van der Waals surface area (Å²) in [6, 6.07) is 2.00. The second-order valence-corrected chi connectivity index (χ2v) is 4.28. The summed E-state index contributed by atoms with van der Waals surface area (Å²) in [6.45, 7) is 6.45. The van der Waals surface area contributed by atoms with Gasteiger partial charge in [0.15, 0.2) is 0 Å². The number of hydrogen-bond acceptors (Lipinski definition) is 2. The van der Waals surface area contributed by atoms with E-state index in [1.54, 1.807) is 6.26 Å². The molecular formula is C10H17NO. The van der Waals surface area contributed by atoms with Crippen molar-refractivity contribution in [2.45, 2.75) is 26.2 Å². The predicted octanol–water partition coefficient (Wildman–Crippen LogP) is 2.64. The monoisotopic (exact) mass is 167 g/mol. The Kier molecular flexibility index (Phi) is 2.18. The normalized spacial score (nSPS) is 11.8. The molecule has 0 aromatic carbocycles. The summed E-state index contributed by atoms with van der Waals surface area (Å²) in [6.07, 6.45) is 1.75. The van der Waals surface area contributed by atoms with Crippen LogP contribution in [0, 0.1) is 0 Å². The largest absolute Gasteiger partial charge is 0.467 e. The van der Waals surface area contributed by atoms with Gasteiger partial charge in [0.05, 0.1) is 12.0 Å². The first-order chi connectivity index (χ1) is 5.43. The number of rotatable bonds is 1. The van der Waals surface area contributed by atoms with Crippen LogP contribution in [0.2, 0.25) is 0 Å². The van der Waals surface area contributed by atoms with E-state index in [-0.39, 0.29) is 5.41 Å². The van der Waals surface area contributed by atoms with Gasteiger partial charge in [0, 0.05) is 25.6 Å². The molecule has 0 spiro atoms. The molecule has 0 N–H and O–H groups in total. The van der Waals surface area contributed by atoms with Crippen molar-refractivity contribution in [1.82, 2.24) is 0 Å². The van der Waals surface area contributed by atoms with Gasteiger partial charge in [-0.25, -0.2) is 0 Å². The van der Waals surface area contributed by atoms with Crippen LogP contribution < -0.4 is 4.90 Å². The average molecular weight is 167 g/mol. The molecule has 0 saturated heterocycles. The fourth-order valence-electron chi connectivity index (χ4n) is 1.22. The van der Waals surface area contributed by atoms with Gasteiger partial charge in [-0.05, 0) is 0 Å². The van der Waals surface area contributed by atoms with Gasteiger partial charge in [0.1, 0.15) is 5.76 Å². The molecule has 0 saturated carbocycles. The Morgan fingerprint density at radius 1 is 1.25 bits per heavy atom. The highest BCUT2D eigenvalue weighted by atomic mass is 16.3.